The first-order valence-corrected chi connectivity index (χ1v) is 8.87. The Morgan fingerprint density at radius 3 is 2.44 bits per heavy atom. The highest BCUT2D eigenvalue weighted by Crippen LogP contribution is 2.34. The van der Waals surface area contributed by atoms with Crippen molar-refractivity contribution in [2.75, 3.05) is 16.8 Å². The molecule has 3 aromatic rings. The molecule has 1 unspecified atom stereocenters. The Bertz CT molecular complexity index is 804. The summed E-state index contributed by atoms with van der Waals surface area (Å²) in [5.74, 6) is 1.63. The number of piperidine rings is 1. The SMILES string of the molecule is c1ccc(Nc2nccc(N3CCCCC3c3ccccc3)n2)cc1. The Hall–Kier alpha value is -2.88. The summed E-state index contributed by atoms with van der Waals surface area (Å²) in [7, 11) is 0. The number of hydrogen-bond acceptors (Lipinski definition) is 4. The highest BCUT2D eigenvalue weighted by atomic mass is 15.2. The molecule has 0 spiro atoms. The predicted octanol–water partition coefficient (Wildman–Crippen LogP) is 4.95. The monoisotopic (exact) mass is 330 g/mol. The van der Waals surface area contributed by atoms with Gasteiger partial charge in [-0.25, -0.2) is 4.98 Å². The van der Waals surface area contributed by atoms with Crippen LogP contribution in [0.25, 0.3) is 0 Å². The van der Waals surface area contributed by atoms with Crippen LogP contribution in [0.3, 0.4) is 0 Å². The smallest absolute Gasteiger partial charge is 0.229 e. The van der Waals surface area contributed by atoms with Gasteiger partial charge in [0.15, 0.2) is 0 Å². The van der Waals surface area contributed by atoms with Crippen LogP contribution in [-0.2, 0) is 0 Å². The zero-order valence-electron chi connectivity index (χ0n) is 14.2. The van der Waals surface area contributed by atoms with Gasteiger partial charge in [-0.2, -0.15) is 4.98 Å². The topological polar surface area (TPSA) is 41.1 Å². The summed E-state index contributed by atoms with van der Waals surface area (Å²) in [4.78, 5) is 11.6. The molecule has 2 aromatic carbocycles. The maximum atomic E-state index is 4.77. The van der Waals surface area contributed by atoms with Crippen LogP contribution in [0.1, 0.15) is 30.9 Å². The molecular weight excluding hydrogens is 308 g/mol. The number of anilines is 3. The Morgan fingerprint density at radius 2 is 1.64 bits per heavy atom. The van der Waals surface area contributed by atoms with Gasteiger partial charge >= 0.3 is 0 Å². The molecule has 1 saturated heterocycles. The van der Waals surface area contributed by atoms with E-state index in [1.165, 1.54) is 18.4 Å². The van der Waals surface area contributed by atoms with Crippen molar-refractivity contribution in [3.8, 4) is 0 Å². The third kappa shape index (κ3) is 3.63. The molecule has 4 nitrogen and oxygen atoms in total. The third-order valence-corrected chi connectivity index (χ3v) is 4.65. The van der Waals surface area contributed by atoms with E-state index in [0.717, 1.165) is 24.5 Å². The number of rotatable bonds is 4. The molecule has 2 heterocycles. The highest BCUT2D eigenvalue weighted by Gasteiger charge is 2.25. The Morgan fingerprint density at radius 1 is 0.880 bits per heavy atom. The van der Waals surface area contributed by atoms with Crippen LogP contribution in [0.5, 0.6) is 0 Å². The fourth-order valence-corrected chi connectivity index (χ4v) is 3.45. The molecule has 0 bridgehead atoms. The summed E-state index contributed by atoms with van der Waals surface area (Å²) in [6.45, 7) is 1.03. The highest BCUT2D eigenvalue weighted by molar-refractivity contribution is 5.55. The van der Waals surface area contributed by atoms with Gasteiger partial charge in [0.25, 0.3) is 0 Å². The van der Waals surface area contributed by atoms with E-state index in [0.29, 0.717) is 12.0 Å². The second-order valence-electron chi connectivity index (χ2n) is 6.35. The lowest BCUT2D eigenvalue weighted by Crippen LogP contribution is -2.34. The number of nitrogens with one attached hydrogen (secondary N) is 1. The molecule has 1 atom stereocenters. The molecule has 0 saturated carbocycles. The van der Waals surface area contributed by atoms with Gasteiger partial charge in [0.05, 0.1) is 6.04 Å². The Labute approximate surface area is 148 Å². The molecule has 1 fully saturated rings. The second kappa shape index (κ2) is 7.34. The van der Waals surface area contributed by atoms with Gasteiger partial charge in [-0.1, -0.05) is 48.5 Å². The van der Waals surface area contributed by atoms with E-state index in [1.54, 1.807) is 0 Å². The molecule has 4 heteroatoms. The standard InChI is InChI=1S/C21H22N4/c1-3-9-17(10-4-1)19-13-7-8-16-25(19)20-14-15-22-21(24-20)23-18-11-5-2-6-12-18/h1-6,9-12,14-15,19H,7-8,13,16H2,(H,22,23,24). The second-order valence-corrected chi connectivity index (χ2v) is 6.35. The van der Waals surface area contributed by atoms with Gasteiger partial charge in [-0.15, -0.1) is 0 Å². The van der Waals surface area contributed by atoms with E-state index < -0.39 is 0 Å². The lowest BCUT2D eigenvalue weighted by molar-refractivity contribution is 0.469. The number of para-hydroxylation sites is 1. The van der Waals surface area contributed by atoms with Crippen molar-refractivity contribution >= 4 is 17.5 Å². The van der Waals surface area contributed by atoms with Gasteiger partial charge in [0.2, 0.25) is 5.95 Å². The molecule has 1 aliphatic heterocycles. The lowest BCUT2D eigenvalue weighted by atomic mass is 9.95. The van der Waals surface area contributed by atoms with E-state index in [2.05, 4.69) is 45.5 Å². The van der Waals surface area contributed by atoms with E-state index in [1.807, 2.05) is 42.6 Å². The van der Waals surface area contributed by atoms with Gasteiger partial charge in [0.1, 0.15) is 5.82 Å². The molecule has 4 rings (SSSR count). The van der Waals surface area contributed by atoms with Crippen LogP contribution in [-0.4, -0.2) is 16.5 Å². The molecule has 1 aromatic heterocycles. The van der Waals surface area contributed by atoms with Crippen molar-refractivity contribution in [2.45, 2.75) is 25.3 Å². The van der Waals surface area contributed by atoms with E-state index >= 15 is 0 Å². The van der Waals surface area contributed by atoms with E-state index in [9.17, 15) is 0 Å². The van der Waals surface area contributed by atoms with E-state index in [4.69, 9.17) is 4.98 Å². The van der Waals surface area contributed by atoms with Crippen LogP contribution in [0.4, 0.5) is 17.5 Å². The Balaban J connectivity index is 1.60. The fourth-order valence-electron chi connectivity index (χ4n) is 3.45. The molecule has 25 heavy (non-hydrogen) atoms. The minimum Gasteiger partial charge on any atom is -0.349 e. The quantitative estimate of drug-likeness (QED) is 0.735. The number of benzene rings is 2. The minimum atomic E-state index is 0.384. The first kappa shape index (κ1) is 15.6. The van der Waals surface area contributed by atoms with Crippen molar-refractivity contribution in [1.29, 1.82) is 0 Å². The van der Waals surface area contributed by atoms with Crippen molar-refractivity contribution in [2.24, 2.45) is 0 Å². The lowest BCUT2D eigenvalue weighted by Gasteiger charge is -2.37. The predicted molar refractivity (Wildman–Crippen MR) is 102 cm³/mol. The maximum absolute atomic E-state index is 4.77. The van der Waals surface area contributed by atoms with Crippen LogP contribution in [0.2, 0.25) is 0 Å². The molecule has 0 aliphatic carbocycles. The van der Waals surface area contributed by atoms with Gasteiger partial charge in [0, 0.05) is 18.4 Å². The van der Waals surface area contributed by atoms with Crippen molar-refractivity contribution < 1.29 is 0 Å². The van der Waals surface area contributed by atoms with Crippen molar-refractivity contribution in [1.82, 2.24) is 9.97 Å². The van der Waals surface area contributed by atoms with Crippen LogP contribution < -0.4 is 10.2 Å². The molecule has 0 radical (unpaired) electrons. The zero-order valence-corrected chi connectivity index (χ0v) is 14.2. The van der Waals surface area contributed by atoms with Crippen LogP contribution >= 0.6 is 0 Å². The summed E-state index contributed by atoms with van der Waals surface area (Å²) < 4.78 is 0. The number of hydrogen-bond donors (Lipinski definition) is 1. The first-order chi connectivity index (χ1) is 12.4. The largest absolute Gasteiger partial charge is 0.349 e. The van der Waals surface area contributed by atoms with Gasteiger partial charge in [-0.05, 0) is 43.0 Å². The average Bonchev–Trinajstić information content (AvgIpc) is 2.70. The van der Waals surface area contributed by atoms with Gasteiger partial charge < -0.3 is 10.2 Å². The normalized spacial score (nSPS) is 17.3. The average molecular weight is 330 g/mol. The fraction of sp³-hybridized carbons (Fsp3) is 0.238. The molecule has 126 valence electrons. The van der Waals surface area contributed by atoms with Crippen LogP contribution in [0.15, 0.2) is 72.9 Å². The third-order valence-electron chi connectivity index (χ3n) is 4.65. The summed E-state index contributed by atoms with van der Waals surface area (Å²) >= 11 is 0. The summed E-state index contributed by atoms with van der Waals surface area (Å²) in [5, 5.41) is 3.29. The maximum Gasteiger partial charge on any atom is 0.229 e. The van der Waals surface area contributed by atoms with Gasteiger partial charge in [-0.3, -0.25) is 0 Å². The molecular formula is C21H22N4. The molecule has 1 aliphatic rings. The summed E-state index contributed by atoms with van der Waals surface area (Å²) in [5.41, 5.74) is 2.36. The summed E-state index contributed by atoms with van der Waals surface area (Å²) in [6.07, 6.45) is 5.46. The molecule has 0 amide bonds. The Kier molecular flexibility index (Phi) is 4.59. The number of aromatic nitrogens is 2. The summed E-state index contributed by atoms with van der Waals surface area (Å²) in [6, 6.07) is 23.2. The number of nitrogens with zero attached hydrogens (tertiary/aromatic N) is 3. The van der Waals surface area contributed by atoms with Crippen LogP contribution in [0, 0.1) is 0 Å². The molecule has 1 N–H and O–H groups in total. The first-order valence-electron chi connectivity index (χ1n) is 8.87. The zero-order chi connectivity index (χ0) is 16.9. The van der Waals surface area contributed by atoms with Crippen molar-refractivity contribution in [3.63, 3.8) is 0 Å². The van der Waals surface area contributed by atoms with E-state index in [-0.39, 0.29) is 0 Å². The minimum absolute atomic E-state index is 0.384. The van der Waals surface area contributed by atoms with Crippen molar-refractivity contribution in [3.05, 3.63) is 78.5 Å².